The topological polar surface area (TPSA) is 90.1 Å². The Morgan fingerprint density at radius 3 is 2.50 bits per heavy atom. The molecule has 3 N–H and O–H groups in total. The van der Waals surface area contributed by atoms with Gasteiger partial charge in [0.1, 0.15) is 34.5 Å². The number of carbonyl (C=O) groups is 1. The van der Waals surface area contributed by atoms with Crippen LogP contribution in [0.3, 0.4) is 0 Å². The average molecular weight is 529 g/mol. The fraction of sp³-hybridized carbons (Fsp3) is 0.393. The molecule has 2 aliphatic rings. The summed E-state index contributed by atoms with van der Waals surface area (Å²) in [7, 11) is 0. The van der Waals surface area contributed by atoms with Crippen LogP contribution in [0.2, 0.25) is 0 Å². The van der Waals surface area contributed by atoms with E-state index in [1.54, 1.807) is 6.20 Å². The fourth-order valence-electron chi connectivity index (χ4n) is 5.35. The normalized spacial score (nSPS) is 21.2. The van der Waals surface area contributed by atoms with E-state index in [-0.39, 0.29) is 49.3 Å². The van der Waals surface area contributed by atoms with Crippen LogP contribution in [0.15, 0.2) is 42.7 Å². The Morgan fingerprint density at radius 2 is 1.79 bits per heavy atom. The van der Waals surface area contributed by atoms with E-state index in [1.807, 2.05) is 6.07 Å². The fourth-order valence-corrected chi connectivity index (χ4v) is 5.35. The van der Waals surface area contributed by atoms with Crippen LogP contribution >= 0.6 is 0 Å². The van der Waals surface area contributed by atoms with E-state index >= 15 is 13.2 Å². The number of benzene rings is 1. The highest BCUT2D eigenvalue weighted by atomic mass is 19.1. The van der Waals surface area contributed by atoms with Crippen molar-refractivity contribution >= 4 is 11.6 Å². The van der Waals surface area contributed by atoms with E-state index in [4.69, 9.17) is 10.5 Å². The van der Waals surface area contributed by atoms with Gasteiger partial charge >= 0.3 is 0 Å². The minimum atomic E-state index is -1.95. The summed E-state index contributed by atoms with van der Waals surface area (Å²) in [5, 5.41) is 2.75. The molecule has 2 fully saturated rings. The number of hydrogen-bond donors (Lipinski definition) is 2. The van der Waals surface area contributed by atoms with Crippen LogP contribution < -0.4 is 11.1 Å². The summed E-state index contributed by atoms with van der Waals surface area (Å²) in [4.78, 5) is 21.1. The molecule has 3 aromatic rings. The third kappa shape index (κ3) is 5.28. The highest BCUT2D eigenvalue weighted by molar-refractivity contribution is 6.03. The highest BCUT2D eigenvalue weighted by Gasteiger charge is 2.36. The number of nitrogens with one attached hydrogen (secondary N) is 1. The number of carbonyl (C=O) groups excluding carboxylic acids is 1. The molecule has 38 heavy (non-hydrogen) atoms. The predicted octanol–water partition coefficient (Wildman–Crippen LogP) is 5.77. The second-order valence-corrected chi connectivity index (χ2v) is 9.96. The van der Waals surface area contributed by atoms with Crippen molar-refractivity contribution in [3.05, 3.63) is 77.0 Å². The standard InChI is InChI=1S/C28H28F4N4O2/c29-20-4-5-23(27(37)36-24-15-34-9-6-19(24)16-2-1-3-18(33)12-16)35-26(20)25-21(30)13-17(14-22(25)31)28(32)7-10-38-11-8-28/h4-6,9,13-16,18H,1-3,7-8,10-12,33H2,(H,36,37). The molecule has 2 unspecified atom stereocenters. The summed E-state index contributed by atoms with van der Waals surface area (Å²) >= 11 is 0. The molecular weight excluding hydrogens is 500 g/mol. The maximum Gasteiger partial charge on any atom is 0.274 e. The van der Waals surface area contributed by atoms with Gasteiger partial charge in [0, 0.05) is 38.3 Å². The van der Waals surface area contributed by atoms with E-state index in [0.717, 1.165) is 55.5 Å². The average Bonchev–Trinajstić information content (AvgIpc) is 2.90. The summed E-state index contributed by atoms with van der Waals surface area (Å²) in [6.45, 7) is 0.252. The molecule has 5 rings (SSSR count). The Kier molecular flexibility index (Phi) is 7.45. The first-order valence-electron chi connectivity index (χ1n) is 12.7. The van der Waals surface area contributed by atoms with E-state index in [9.17, 15) is 9.18 Å². The largest absolute Gasteiger partial charge is 0.381 e. The van der Waals surface area contributed by atoms with Crippen molar-refractivity contribution in [1.29, 1.82) is 0 Å². The summed E-state index contributed by atoms with van der Waals surface area (Å²) < 4.78 is 65.4. The van der Waals surface area contributed by atoms with E-state index in [2.05, 4.69) is 15.3 Å². The Balaban J connectivity index is 1.43. The number of rotatable bonds is 5. The van der Waals surface area contributed by atoms with Gasteiger partial charge in [-0.3, -0.25) is 9.78 Å². The molecule has 1 saturated carbocycles. The summed E-state index contributed by atoms with van der Waals surface area (Å²) in [5.74, 6) is -3.91. The molecule has 1 aliphatic carbocycles. The van der Waals surface area contributed by atoms with Crippen molar-refractivity contribution in [3.63, 3.8) is 0 Å². The molecule has 1 aliphatic heterocycles. The molecule has 2 atom stereocenters. The zero-order valence-electron chi connectivity index (χ0n) is 20.7. The number of anilines is 1. The molecule has 10 heteroatoms. The Morgan fingerprint density at radius 1 is 1.05 bits per heavy atom. The van der Waals surface area contributed by atoms with E-state index in [1.165, 1.54) is 6.20 Å². The molecule has 1 saturated heterocycles. The maximum atomic E-state index is 15.3. The molecule has 6 nitrogen and oxygen atoms in total. The number of nitrogens with zero attached hydrogens (tertiary/aromatic N) is 2. The van der Waals surface area contributed by atoms with Crippen LogP contribution in [-0.2, 0) is 10.4 Å². The first-order valence-corrected chi connectivity index (χ1v) is 12.7. The number of ether oxygens (including phenoxy) is 1. The number of amides is 1. The van der Waals surface area contributed by atoms with Gasteiger partial charge in [-0.25, -0.2) is 22.5 Å². The Hall–Kier alpha value is -3.37. The van der Waals surface area contributed by atoms with Crippen LogP contribution in [-0.4, -0.2) is 35.1 Å². The Labute approximate surface area is 217 Å². The third-order valence-corrected chi connectivity index (χ3v) is 7.42. The van der Waals surface area contributed by atoms with Gasteiger partial charge < -0.3 is 15.8 Å². The van der Waals surface area contributed by atoms with Crippen molar-refractivity contribution in [2.45, 2.75) is 56.2 Å². The van der Waals surface area contributed by atoms with Gasteiger partial charge in [-0.05, 0) is 66.6 Å². The molecular formula is C28H28F4N4O2. The highest BCUT2D eigenvalue weighted by Crippen LogP contribution is 2.39. The zero-order chi connectivity index (χ0) is 26.9. The number of hydrogen-bond acceptors (Lipinski definition) is 5. The van der Waals surface area contributed by atoms with Gasteiger partial charge in [0.25, 0.3) is 5.91 Å². The van der Waals surface area contributed by atoms with Gasteiger partial charge in [0.15, 0.2) is 0 Å². The third-order valence-electron chi connectivity index (χ3n) is 7.42. The number of halogens is 4. The molecule has 1 amide bonds. The predicted molar refractivity (Wildman–Crippen MR) is 134 cm³/mol. The van der Waals surface area contributed by atoms with Gasteiger partial charge in [-0.1, -0.05) is 6.42 Å². The molecule has 0 bridgehead atoms. The van der Waals surface area contributed by atoms with Gasteiger partial charge in [-0.15, -0.1) is 0 Å². The second-order valence-electron chi connectivity index (χ2n) is 9.96. The molecule has 0 radical (unpaired) electrons. The smallest absolute Gasteiger partial charge is 0.274 e. The van der Waals surface area contributed by atoms with Crippen molar-refractivity contribution < 1.29 is 27.1 Å². The van der Waals surface area contributed by atoms with Crippen molar-refractivity contribution in [2.75, 3.05) is 18.5 Å². The lowest BCUT2D eigenvalue weighted by molar-refractivity contribution is -0.0117. The van der Waals surface area contributed by atoms with Gasteiger partial charge in [0.05, 0.1) is 17.4 Å². The minimum Gasteiger partial charge on any atom is -0.381 e. The molecule has 2 aromatic heterocycles. The SMILES string of the molecule is NC1CCCC(c2ccncc2NC(=O)c2ccc(F)c(-c3c(F)cc(C4(F)CCOCC4)cc3F)n2)C1. The Bertz CT molecular complexity index is 1320. The summed E-state index contributed by atoms with van der Waals surface area (Å²) in [6, 6.07) is 5.65. The van der Waals surface area contributed by atoms with Crippen molar-refractivity contribution in [2.24, 2.45) is 5.73 Å². The molecule has 3 heterocycles. The molecule has 1 aromatic carbocycles. The van der Waals surface area contributed by atoms with Gasteiger partial charge in [-0.2, -0.15) is 0 Å². The molecule has 200 valence electrons. The lowest BCUT2D eigenvalue weighted by Gasteiger charge is -2.30. The van der Waals surface area contributed by atoms with Crippen LogP contribution in [0.25, 0.3) is 11.3 Å². The number of alkyl halides is 1. The van der Waals surface area contributed by atoms with Gasteiger partial charge in [0.2, 0.25) is 0 Å². The lowest BCUT2D eigenvalue weighted by Crippen LogP contribution is -2.29. The zero-order valence-corrected chi connectivity index (χ0v) is 20.7. The van der Waals surface area contributed by atoms with Crippen molar-refractivity contribution in [1.82, 2.24) is 9.97 Å². The van der Waals surface area contributed by atoms with Crippen LogP contribution in [0.5, 0.6) is 0 Å². The van der Waals surface area contributed by atoms with E-state index < -0.39 is 40.3 Å². The maximum absolute atomic E-state index is 15.3. The lowest BCUT2D eigenvalue weighted by atomic mass is 9.81. The molecule has 0 spiro atoms. The first-order chi connectivity index (χ1) is 18.2. The second kappa shape index (κ2) is 10.8. The van der Waals surface area contributed by atoms with Crippen LogP contribution in [0, 0.1) is 17.5 Å². The number of pyridine rings is 2. The summed E-state index contributed by atoms with van der Waals surface area (Å²) in [5.41, 5.74) is 3.67. The number of aromatic nitrogens is 2. The van der Waals surface area contributed by atoms with E-state index in [0.29, 0.717) is 5.69 Å². The van der Waals surface area contributed by atoms with Crippen LogP contribution in [0.1, 0.15) is 66.1 Å². The summed E-state index contributed by atoms with van der Waals surface area (Å²) in [6.07, 6.45) is 6.66. The monoisotopic (exact) mass is 528 g/mol. The van der Waals surface area contributed by atoms with Crippen molar-refractivity contribution in [3.8, 4) is 11.3 Å². The number of nitrogens with two attached hydrogens (primary N) is 1. The van der Waals surface area contributed by atoms with Crippen LogP contribution in [0.4, 0.5) is 23.2 Å². The minimum absolute atomic E-state index is 0.0450. The quantitative estimate of drug-likeness (QED) is 0.410. The first kappa shape index (κ1) is 26.2.